The van der Waals surface area contributed by atoms with Crippen LogP contribution in [-0.2, 0) is 16.1 Å². The molecule has 0 saturated carbocycles. The van der Waals surface area contributed by atoms with Crippen molar-refractivity contribution in [2.75, 3.05) is 46.4 Å². The number of nitrogens with zero attached hydrogens (tertiary/aromatic N) is 3. The third-order valence-corrected chi connectivity index (χ3v) is 5.53. The summed E-state index contributed by atoms with van der Waals surface area (Å²) < 4.78 is 5.62. The van der Waals surface area contributed by atoms with Gasteiger partial charge < -0.3 is 19.9 Å². The van der Waals surface area contributed by atoms with Crippen LogP contribution in [0.25, 0.3) is 0 Å². The Morgan fingerprint density at radius 2 is 2.11 bits per heavy atom. The first kappa shape index (κ1) is 22.9. The molecule has 1 unspecified atom stereocenters. The van der Waals surface area contributed by atoms with Crippen LogP contribution < -0.4 is 5.32 Å². The van der Waals surface area contributed by atoms with Crippen molar-refractivity contribution in [3.63, 3.8) is 0 Å². The summed E-state index contributed by atoms with van der Waals surface area (Å²) >= 11 is 0. The third-order valence-electron chi connectivity index (χ3n) is 5.53. The van der Waals surface area contributed by atoms with Crippen molar-refractivity contribution in [3.05, 3.63) is 35.9 Å². The van der Waals surface area contributed by atoms with Gasteiger partial charge in [0.25, 0.3) is 0 Å². The predicted molar refractivity (Wildman–Crippen MR) is 123 cm³/mol. The lowest BCUT2D eigenvalue weighted by molar-refractivity contribution is -0.130. The quantitative estimate of drug-likeness (QED) is 0.371. The fourth-order valence-electron chi connectivity index (χ4n) is 3.91. The third kappa shape index (κ3) is 6.07. The number of amides is 1. The number of hydrogen-bond donors (Lipinski definition) is 1. The van der Waals surface area contributed by atoms with Gasteiger partial charge in [-0.1, -0.05) is 30.3 Å². The van der Waals surface area contributed by atoms with E-state index in [-0.39, 0.29) is 29.9 Å². The molecule has 0 aromatic heterocycles. The topological polar surface area (TPSA) is 57.2 Å². The molecule has 0 aliphatic carbocycles. The van der Waals surface area contributed by atoms with Gasteiger partial charge in [-0.05, 0) is 25.3 Å². The van der Waals surface area contributed by atoms with Crippen LogP contribution >= 0.6 is 24.0 Å². The number of carbonyl (C=O) groups excluding carboxylic acids is 1. The maximum Gasteiger partial charge on any atom is 0.224 e. The largest absolute Gasteiger partial charge is 0.381 e. The summed E-state index contributed by atoms with van der Waals surface area (Å²) in [4.78, 5) is 21.2. The number of nitrogens with one attached hydrogen (secondary N) is 1. The van der Waals surface area contributed by atoms with Crippen molar-refractivity contribution in [1.82, 2.24) is 15.1 Å². The zero-order valence-electron chi connectivity index (χ0n) is 17.0. The second-order valence-corrected chi connectivity index (χ2v) is 7.70. The van der Waals surface area contributed by atoms with Gasteiger partial charge in [-0.3, -0.25) is 9.79 Å². The van der Waals surface area contributed by atoms with Crippen LogP contribution in [0.4, 0.5) is 0 Å². The first-order chi connectivity index (χ1) is 13.1. The number of likely N-dealkylation sites (tertiary alicyclic amines) is 1. The molecule has 1 spiro atoms. The molecule has 2 aliphatic rings. The van der Waals surface area contributed by atoms with E-state index in [0.29, 0.717) is 24.9 Å². The highest BCUT2D eigenvalue weighted by Crippen LogP contribution is 2.38. The Balaban J connectivity index is 0.00000280. The van der Waals surface area contributed by atoms with Crippen molar-refractivity contribution in [1.29, 1.82) is 0 Å². The molecule has 6 nitrogen and oxygen atoms in total. The van der Waals surface area contributed by atoms with E-state index in [1.165, 1.54) is 0 Å². The Morgan fingerprint density at radius 1 is 1.32 bits per heavy atom. The minimum atomic E-state index is 0. The molecular weight excluding hydrogens is 467 g/mol. The maximum atomic E-state index is 12.4. The van der Waals surface area contributed by atoms with Crippen LogP contribution in [0.5, 0.6) is 0 Å². The number of hydrogen-bond acceptors (Lipinski definition) is 3. The summed E-state index contributed by atoms with van der Waals surface area (Å²) in [6.45, 7) is 7.82. The molecule has 156 valence electrons. The molecule has 1 atom stereocenters. The van der Waals surface area contributed by atoms with Crippen molar-refractivity contribution in [3.8, 4) is 0 Å². The summed E-state index contributed by atoms with van der Waals surface area (Å²) in [5.41, 5.74) is 1.45. The lowest BCUT2D eigenvalue weighted by atomic mass is 9.87. The van der Waals surface area contributed by atoms with Gasteiger partial charge >= 0.3 is 0 Å². The van der Waals surface area contributed by atoms with E-state index < -0.39 is 0 Å². The Kier molecular flexibility index (Phi) is 9.01. The first-order valence-corrected chi connectivity index (χ1v) is 10.0. The second kappa shape index (κ2) is 11.0. The van der Waals surface area contributed by atoms with Crippen LogP contribution in [-0.4, -0.2) is 68.1 Å². The van der Waals surface area contributed by atoms with E-state index in [0.717, 1.165) is 57.2 Å². The second-order valence-electron chi connectivity index (χ2n) is 7.70. The van der Waals surface area contributed by atoms with E-state index in [2.05, 4.69) is 17.1 Å². The molecule has 7 heteroatoms. The fraction of sp³-hybridized carbons (Fsp3) is 0.619. The van der Waals surface area contributed by atoms with Crippen molar-refractivity contribution < 1.29 is 9.53 Å². The summed E-state index contributed by atoms with van der Waals surface area (Å²) in [5, 5.41) is 3.38. The van der Waals surface area contributed by atoms with Crippen LogP contribution in [0.2, 0.25) is 0 Å². The van der Waals surface area contributed by atoms with Crippen LogP contribution in [0, 0.1) is 5.41 Å². The Morgan fingerprint density at radius 3 is 2.79 bits per heavy atom. The molecule has 1 aromatic carbocycles. The van der Waals surface area contributed by atoms with Crippen molar-refractivity contribution in [2.24, 2.45) is 10.4 Å². The molecule has 0 bridgehead atoms. The van der Waals surface area contributed by atoms with E-state index in [9.17, 15) is 4.79 Å². The minimum absolute atomic E-state index is 0. The number of carbonyl (C=O) groups is 1. The Bertz CT molecular complexity index is 647. The summed E-state index contributed by atoms with van der Waals surface area (Å²) in [5.74, 6) is 1.06. The van der Waals surface area contributed by atoms with Gasteiger partial charge in [-0.2, -0.15) is 0 Å². The standard InChI is InChI=1S/C21H32N4O2.HI/c1-3-22-20(25-13-10-21(16-25)11-14-27-17-21)23-12-9-19(26)24(2)15-18-7-5-4-6-8-18;/h4-8H,3,9-17H2,1-2H3,(H,22,23);1H. The van der Waals surface area contributed by atoms with Crippen LogP contribution in [0.1, 0.15) is 31.7 Å². The van der Waals surface area contributed by atoms with Gasteiger partial charge in [0.1, 0.15) is 0 Å². The zero-order valence-corrected chi connectivity index (χ0v) is 19.4. The van der Waals surface area contributed by atoms with Crippen molar-refractivity contribution in [2.45, 2.75) is 32.7 Å². The Labute approximate surface area is 185 Å². The molecule has 0 radical (unpaired) electrons. The lowest BCUT2D eigenvalue weighted by Gasteiger charge is -2.25. The first-order valence-electron chi connectivity index (χ1n) is 10.0. The maximum absolute atomic E-state index is 12.4. The molecule has 1 amide bonds. The van der Waals surface area contributed by atoms with E-state index in [4.69, 9.17) is 9.73 Å². The summed E-state index contributed by atoms with van der Waals surface area (Å²) in [6, 6.07) is 10.1. The number of benzene rings is 1. The van der Waals surface area contributed by atoms with E-state index in [1.807, 2.05) is 37.4 Å². The molecule has 28 heavy (non-hydrogen) atoms. The van der Waals surface area contributed by atoms with Gasteiger partial charge in [-0.15, -0.1) is 24.0 Å². The fourth-order valence-corrected chi connectivity index (χ4v) is 3.91. The van der Waals surface area contributed by atoms with Crippen LogP contribution in [0.15, 0.2) is 35.3 Å². The van der Waals surface area contributed by atoms with Crippen LogP contribution in [0.3, 0.4) is 0 Å². The van der Waals surface area contributed by atoms with Gasteiger partial charge in [-0.25, -0.2) is 0 Å². The van der Waals surface area contributed by atoms with Crippen molar-refractivity contribution >= 4 is 35.8 Å². The zero-order chi connectivity index (χ0) is 19.1. The predicted octanol–water partition coefficient (Wildman–Crippen LogP) is 2.73. The molecule has 3 rings (SSSR count). The molecule has 1 aromatic rings. The SMILES string of the molecule is CCNC(=NCCC(=O)N(C)Cc1ccccc1)N1CCC2(CCOC2)C1.I. The normalized spacial score (nSPS) is 21.6. The summed E-state index contributed by atoms with van der Waals surface area (Å²) in [7, 11) is 1.86. The van der Waals surface area contributed by atoms with Gasteiger partial charge in [0, 0.05) is 51.7 Å². The van der Waals surface area contributed by atoms with E-state index >= 15 is 0 Å². The van der Waals surface area contributed by atoms with Gasteiger partial charge in [0.15, 0.2) is 5.96 Å². The molecular formula is C21H33IN4O2. The number of ether oxygens (including phenoxy) is 1. The highest BCUT2D eigenvalue weighted by molar-refractivity contribution is 14.0. The Hall–Kier alpha value is -1.35. The van der Waals surface area contributed by atoms with Gasteiger partial charge in [0.2, 0.25) is 5.91 Å². The highest BCUT2D eigenvalue weighted by Gasteiger charge is 2.42. The number of halogens is 1. The summed E-state index contributed by atoms with van der Waals surface area (Å²) in [6.07, 6.45) is 2.74. The smallest absolute Gasteiger partial charge is 0.224 e. The molecule has 1 N–H and O–H groups in total. The number of rotatable bonds is 6. The minimum Gasteiger partial charge on any atom is -0.381 e. The molecule has 2 fully saturated rings. The number of aliphatic imine (C=N–C) groups is 1. The number of guanidine groups is 1. The molecule has 2 saturated heterocycles. The molecule has 2 heterocycles. The molecule has 2 aliphatic heterocycles. The van der Waals surface area contributed by atoms with E-state index in [1.54, 1.807) is 4.90 Å². The monoisotopic (exact) mass is 500 g/mol. The average molecular weight is 500 g/mol. The average Bonchev–Trinajstić information content (AvgIpc) is 3.31. The highest BCUT2D eigenvalue weighted by atomic mass is 127. The van der Waals surface area contributed by atoms with Gasteiger partial charge in [0.05, 0.1) is 13.2 Å². The lowest BCUT2D eigenvalue weighted by Crippen LogP contribution is -2.41.